The van der Waals surface area contributed by atoms with Crippen LogP contribution < -0.4 is 9.47 Å². The molecule has 0 saturated carbocycles. The van der Waals surface area contributed by atoms with Crippen LogP contribution in [0.4, 0.5) is 8.78 Å². The van der Waals surface area contributed by atoms with E-state index in [9.17, 15) is 18.4 Å². The second kappa shape index (κ2) is 7.30. The zero-order valence-electron chi connectivity index (χ0n) is 11.1. The smallest absolute Gasteiger partial charge is 0.323 e. The van der Waals surface area contributed by atoms with E-state index in [2.05, 4.69) is 19.4 Å². The number of esters is 2. The van der Waals surface area contributed by atoms with Gasteiger partial charge in [0.2, 0.25) is 0 Å². The Morgan fingerprint density at radius 2 is 1.30 bits per heavy atom. The van der Waals surface area contributed by atoms with Crippen molar-refractivity contribution >= 4 is 35.1 Å². The molecule has 0 N–H and O–H groups in total. The van der Waals surface area contributed by atoms with Gasteiger partial charge in [0.05, 0.1) is 10.0 Å². The quantitative estimate of drug-likeness (QED) is 0.614. The lowest BCUT2D eigenvalue weighted by molar-refractivity contribution is -0.144. The monoisotopic (exact) mass is 362 g/mol. The van der Waals surface area contributed by atoms with Crippen LogP contribution >= 0.6 is 23.2 Å². The molecule has 0 atom stereocenters. The second-order valence-corrected chi connectivity index (χ2v) is 4.88. The normalized spacial score (nSPS) is 10.3. The maximum absolute atomic E-state index is 13.4. The standard InChI is InChI=1S/C13H6Cl2F2N2O4/c14-6-1-8(16)12(18-4-6)22-10(20)3-11(21)23-13-9(17)2-7(15)5-19-13/h1-2,4-5H,3H2. The molecule has 0 aliphatic heterocycles. The highest BCUT2D eigenvalue weighted by atomic mass is 35.5. The maximum Gasteiger partial charge on any atom is 0.323 e. The summed E-state index contributed by atoms with van der Waals surface area (Å²) in [6.45, 7) is 0. The molecule has 0 spiro atoms. The molecule has 0 bridgehead atoms. The van der Waals surface area contributed by atoms with E-state index in [1.165, 1.54) is 0 Å². The number of carbonyl (C=O) groups is 2. The molecule has 120 valence electrons. The van der Waals surface area contributed by atoms with Gasteiger partial charge in [-0.2, -0.15) is 0 Å². The molecule has 2 aromatic heterocycles. The van der Waals surface area contributed by atoms with Crippen molar-refractivity contribution in [1.82, 2.24) is 9.97 Å². The fraction of sp³-hybridized carbons (Fsp3) is 0.0769. The molecule has 0 saturated heterocycles. The first-order chi connectivity index (χ1) is 10.8. The summed E-state index contributed by atoms with van der Waals surface area (Å²) >= 11 is 11.0. The number of aromatic nitrogens is 2. The Hall–Kier alpha value is -2.32. The van der Waals surface area contributed by atoms with Crippen molar-refractivity contribution < 1.29 is 27.8 Å². The van der Waals surface area contributed by atoms with Gasteiger partial charge >= 0.3 is 11.9 Å². The number of pyridine rings is 2. The average molecular weight is 363 g/mol. The molecule has 0 amide bonds. The summed E-state index contributed by atoms with van der Waals surface area (Å²) in [7, 11) is 0. The van der Waals surface area contributed by atoms with Gasteiger partial charge in [0, 0.05) is 12.4 Å². The van der Waals surface area contributed by atoms with Crippen molar-refractivity contribution in [3.63, 3.8) is 0 Å². The molecule has 0 aromatic carbocycles. The van der Waals surface area contributed by atoms with Crippen molar-refractivity contribution in [2.24, 2.45) is 0 Å². The van der Waals surface area contributed by atoms with Crippen LogP contribution in [0.5, 0.6) is 11.8 Å². The predicted octanol–water partition coefficient (Wildman–Crippen LogP) is 2.96. The number of hydrogen-bond acceptors (Lipinski definition) is 6. The minimum Gasteiger partial charge on any atom is -0.404 e. The third-order valence-electron chi connectivity index (χ3n) is 2.26. The third-order valence-corrected chi connectivity index (χ3v) is 2.67. The molecular formula is C13H6Cl2F2N2O4. The minimum atomic E-state index is -1.15. The van der Waals surface area contributed by atoms with E-state index >= 15 is 0 Å². The summed E-state index contributed by atoms with van der Waals surface area (Å²) in [5.74, 6) is -5.57. The average Bonchev–Trinajstić information content (AvgIpc) is 2.45. The van der Waals surface area contributed by atoms with Gasteiger partial charge in [-0.15, -0.1) is 0 Å². The highest BCUT2D eigenvalue weighted by Gasteiger charge is 2.19. The van der Waals surface area contributed by atoms with Crippen molar-refractivity contribution in [2.75, 3.05) is 0 Å². The predicted molar refractivity (Wildman–Crippen MR) is 74.3 cm³/mol. The van der Waals surface area contributed by atoms with Gasteiger partial charge in [0.1, 0.15) is 6.42 Å². The van der Waals surface area contributed by atoms with Crippen LogP contribution in [0.1, 0.15) is 6.42 Å². The summed E-state index contributed by atoms with van der Waals surface area (Å²) in [6.07, 6.45) is 1.20. The summed E-state index contributed by atoms with van der Waals surface area (Å²) in [6, 6.07) is 1.75. The van der Waals surface area contributed by atoms with E-state index in [1.807, 2.05) is 0 Å². The largest absolute Gasteiger partial charge is 0.404 e. The Morgan fingerprint density at radius 1 is 0.913 bits per heavy atom. The third kappa shape index (κ3) is 4.83. The van der Waals surface area contributed by atoms with Gasteiger partial charge in [-0.1, -0.05) is 23.2 Å². The maximum atomic E-state index is 13.4. The lowest BCUT2D eigenvalue weighted by Gasteiger charge is -2.05. The molecular weight excluding hydrogens is 357 g/mol. The Kier molecular flexibility index (Phi) is 5.41. The Bertz CT molecular complexity index is 710. The molecule has 0 unspecified atom stereocenters. The highest BCUT2D eigenvalue weighted by Crippen LogP contribution is 2.19. The number of rotatable bonds is 4. The summed E-state index contributed by atoms with van der Waals surface area (Å²) in [5, 5.41) is 0.0111. The van der Waals surface area contributed by atoms with E-state index in [0.29, 0.717) is 0 Å². The number of ether oxygens (including phenoxy) is 2. The molecule has 10 heteroatoms. The zero-order chi connectivity index (χ0) is 17.0. The van der Waals surface area contributed by atoms with E-state index in [1.54, 1.807) is 0 Å². The SMILES string of the molecule is O=C(CC(=O)Oc1ncc(Cl)cc1F)Oc1ncc(Cl)cc1F. The van der Waals surface area contributed by atoms with Crippen molar-refractivity contribution in [3.05, 3.63) is 46.2 Å². The zero-order valence-corrected chi connectivity index (χ0v) is 12.6. The molecule has 0 aliphatic rings. The van der Waals surface area contributed by atoms with Crippen molar-refractivity contribution in [2.45, 2.75) is 6.42 Å². The first-order valence-corrected chi connectivity index (χ1v) is 6.64. The van der Waals surface area contributed by atoms with Crippen LogP contribution in [0.25, 0.3) is 0 Å². The van der Waals surface area contributed by atoms with Gasteiger partial charge in [0.15, 0.2) is 11.6 Å². The molecule has 2 heterocycles. The van der Waals surface area contributed by atoms with Gasteiger partial charge in [0.25, 0.3) is 11.8 Å². The molecule has 23 heavy (non-hydrogen) atoms. The van der Waals surface area contributed by atoms with Crippen LogP contribution in [0.15, 0.2) is 24.5 Å². The van der Waals surface area contributed by atoms with E-state index in [0.717, 1.165) is 24.5 Å². The van der Waals surface area contributed by atoms with Crippen LogP contribution in [0.3, 0.4) is 0 Å². The van der Waals surface area contributed by atoms with E-state index < -0.39 is 41.8 Å². The van der Waals surface area contributed by atoms with Gasteiger partial charge < -0.3 is 9.47 Å². The van der Waals surface area contributed by atoms with Crippen LogP contribution in [-0.2, 0) is 9.59 Å². The number of carbonyl (C=O) groups excluding carboxylic acids is 2. The minimum absolute atomic E-state index is 0.00555. The second-order valence-electron chi connectivity index (χ2n) is 4.01. The highest BCUT2D eigenvalue weighted by molar-refractivity contribution is 6.30. The summed E-state index contributed by atoms with van der Waals surface area (Å²) in [5.41, 5.74) is 0. The van der Waals surface area contributed by atoms with Gasteiger partial charge in [-0.25, -0.2) is 18.7 Å². The first-order valence-electron chi connectivity index (χ1n) is 5.88. The van der Waals surface area contributed by atoms with E-state index in [-0.39, 0.29) is 10.0 Å². The molecule has 0 radical (unpaired) electrons. The Balaban J connectivity index is 1.95. The Morgan fingerprint density at radius 3 is 1.65 bits per heavy atom. The van der Waals surface area contributed by atoms with Crippen molar-refractivity contribution in [1.29, 1.82) is 0 Å². The molecule has 0 aliphatic carbocycles. The first kappa shape index (κ1) is 17.0. The Labute approximate surface area is 138 Å². The lowest BCUT2D eigenvalue weighted by atomic mass is 10.4. The fourth-order valence-corrected chi connectivity index (χ4v) is 1.65. The van der Waals surface area contributed by atoms with E-state index in [4.69, 9.17) is 23.2 Å². The van der Waals surface area contributed by atoms with Gasteiger partial charge in [-0.3, -0.25) is 9.59 Å². The molecule has 2 rings (SSSR count). The lowest BCUT2D eigenvalue weighted by Crippen LogP contribution is -2.19. The number of nitrogens with zero attached hydrogens (tertiary/aromatic N) is 2. The topological polar surface area (TPSA) is 78.4 Å². The van der Waals surface area contributed by atoms with Crippen LogP contribution in [0, 0.1) is 11.6 Å². The molecule has 6 nitrogen and oxygen atoms in total. The summed E-state index contributed by atoms with van der Waals surface area (Å²) < 4.78 is 35.8. The molecule has 2 aromatic rings. The van der Waals surface area contributed by atoms with Gasteiger partial charge in [-0.05, 0) is 12.1 Å². The fourth-order valence-electron chi connectivity index (χ4n) is 1.36. The number of hydrogen-bond donors (Lipinski definition) is 0. The molecule has 0 fully saturated rings. The summed E-state index contributed by atoms with van der Waals surface area (Å²) in [4.78, 5) is 29.9. The van der Waals surface area contributed by atoms with Crippen LogP contribution in [-0.4, -0.2) is 21.9 Å². The number of halogens is 4. The van der Waals surface area contributed by atoms with Crippen LogP contribution in [0.2, 0.25) is 10.0 Å². The van der Waals surface area contributed by atoms with Crippen molar-refractivity contribution in [3.8, 4) is 11.8 Å².